The zero-order valence-electron chi connectivity index (χ0n) is 15.0. The quantitative estimate of drug-likeness (QED) is 0.671. The van der Waals surface area contributed by atoms with Gasteiger partial charge in [0, 0.05) is 5.56 Å². The van der Waals surface area contributed by atoms with Gasteiger partial charge in [0.25, 0.3) is 5.91 Å². The van der Waals surface area contributed by atoms with Crippen LogP contribution in [0.15, 0.2) is 67.3 Å². The second-order valence-corrected chi connectivity index (χ2v) is 6.15. The van der Waals surface area contributed by atoms with E-state index in [0.29, 0.717) is 12.1 Å². The van der Waals surface area contributed by atoms with Gasteiger partial charge in [-0.1, -0.05) is 48.5 Å². The Morgan fingerprint density at radius 3 is 2.52 bits per heavy atom. The van der Waals surface area contributed by atoms with E-state index in [4.69, 9.17) is 0 Å². The van der Waals surface area contributed by atoms with Crippen LogP contribution in [0.1, 0.15) is 27.5 Å². The van der Waals surface area contributed by atoms with E-state index in [1.165, 1.54) is 6.33 Å². The highest BCUT2D eigenvalue weighted by atomic mass is 16.2. The van der Waals surface area contributed by atoms with Crippen molar-refractivity contribution in [2.45, 2.75) is 19.5 Å². The molecule has 0 aliphatic rings. The van der Waals surface area contributed by atoms with Crippen molar-refractivity contribution in [3.63, 3.8) is 0 Å². The number of hydrogen-bond acceptors (Lipinski definition) is 4. The van der Waals surface area contributed by atoms with Crippen LogP contribution < -0.4 is 10.6 Å². The monoisotopic (exact) mass is 363 g/mol. The van der Waals surface area contributed by atoms with E-state index in [9.17, 15) is 9.59 Å². The molecule has 0 aliphatic heterocycles. The molecule has 1 atom stereocenters. The molecule has 1 heterocycles. The molecular formula is C20H21N5O2. The minimum Gasteiger partial charge on any atom is -0.346 e. The molecule has 0 saturated heterocycles. The number of benzene rings is 2. The van der Waals surface area contributed by atoms with Gasteiger partial charge in [-0.15, -0.1) is 0 Å². The number of hydrogen-bond donors (Lipinski definition) is 2. The van der Waals surface area contributed by atoms with E-state index >= 15 is 0 Å². The minimum absolute atomic E-state index is 0.103. The van der Waals surface area contributed by atoms with Gasteiger partial charge in [-0.2, -0.15) is 5.10 Å². The Hall–Kier alpha value is -3.48. The van der Waals surface area contributed by atoms with Crippen molar-refractivity contribution >= 4 is 11.8 Å². The highest BCUT2D eigenvalue weighted by Gasteiger charge is 2.17. The van der Waals surface area contributed by atoms with Crippen LogP contribution in [-0.2, 0) is 11.3 Å². The van der Waals surface area contributed by atoms with E-state index in [2.05, 4.69) is 20.7 Å². The SMILES string of the molecule is Cc1ccccc1C(=O)NCC(=O)NC(Cn1cncn1)c1ccccc1. The van der Waals surface area contributed by atoms with Crippen molar-refractivity contribution < 1.29 is 9.59 Å². The van der Waals surface area contributed by atoms with E-state index in [1.807, 2.05) is 49.4 Å². The molecule has 0 spiro atoms. The smallest absolute Gasteiger partial charge is 0.251 e. The van der Waals surface area contributed by atoms with Gasteiger partial charge in [0.2, 0.25) is 5.91 Å². The van der Waals surface area contributed by atoms with Crippen molar-refractivity contribution in [1.82, 2.24) is 25.4 Å². The molecule has 138 valence electrons. The van der Waals surface area contributed by atoms with E-state index in [0.717, 1.165) is 11.1 Å². The fourth-order valence-electron chi connectivity index (χ4n) is 2.76. The van der Waals surface area contributed by atoms with Gasteiger partial charge in [-0.25, -0.2) is 4.98 Å². The number of aromatic nitrogens is 3. The predicted molar refractivity (Wildman–Crippen MR) is 101 cm³/mol. The summed E-state index contributed by atoms with van der Waals surface area (Å²) >= 11 is 0. The number of nitrogens with zero attached hydrogens (tertiary/aromatic N) is 3. The molecule has 0 fully saturated rings. The Labute approximate surface area is 157 Å². The summed E-state index contributed by atoms with van der Waals surface area (Å²) in [5.41, 5.74) is 2.38. The third-order valence-electron chi connectivity index (χ3n) is 4.17. The molecule has 1 unspecified atom stereocenters. The molecule has 2 aromatic carbocycles. The zero-order chi connectivity index (χ0) is 19.1. The topological polar surface area (TPSA) is 88.9 Å². The maximum absolute atomic E-state index is 12.4. The van der Waals surface area contributed by atoms with Crippen LogP contribution in [0.25, 0.3) is 0 Å². The molecule has 2 N–H and O–H groups in total. The third kappa shape index (κ3) is 5.01. The van der Waals surface area contributed by atoms with Gasteiger partial charge in [-0.05, 0) is 24.1 Å². The van der Waals surface area contributed by atoms with Crippen LogP contribution in [0.4, 0.5) is 0 Å². The first kappa shape index (κ1) is 18.3. The number of nitrogens with one attached hydrogen (secondary N) is 2. The fraction of sp³-hybridized carbons (Fsp3) is 0.200. The molecule has 3 aromatic rings. The Morgan fingerprint density at radius 1 is 1.07 bits per heavy atom. The molecule has 0 aliphatic carbocycles. The van der Waals surface area contributed by atoms with Crippen molar-refractivity contribution in [2.24, 2.45) is 0 Å². The van der Waals surface area contributed by atoms with Gasteiger partial charge in [0.15, 0.2) is 0 Å². The van der Waals surface area contributed by atoms with Gasteiger partial charge < -0.3 is 10.6 Å². The van der Waals surface area contributed by atoms with Crippen LogP contribution in [-0.4, -0.2) is 33.1 Å². The first-order valence-corrected chi connectivity index (χ1v) is 8.64. The highest BCUT2D eigenvalue weighted by molar-refractivity contribution is 5.97. The Bertz CT molecular complexity index is 894. The van der Waals surface area contributed by atoms with Crippen LogP contribution >= 0.6 is 0 Å². The third-order valence-corrected chi connectivity index (χ3v) is 4.17. The summed E-state index contributed by atoms with van der Waals surface area (Å²) in [4.78, 5) is 28.6. The summed E-state index contributed by atoms with van der Waals surface area (Å²) in [6.45, 7) is 2.20. The number of carbonyl (C=O) groups excluding carboxylic acids is 2. The van der Waals surface area contributed by atoms with Gasteiger partial charge >= 0.3 is 0 Å². The molecule has 7 nitrogen and oxygen atoms in total. The number of rotatable bonds is 7. The summed E-state index contributed by atoms with van der Waals surface area (Å²) in [6, 6.07) is 16.6. The van der Waals surface area contributed by atoms with Crippen molar-refractivity contribution in [2.75, 3.05) is 6.54 Å². The molecule has 0 saturated carbocycles. The minimum atomic E-state index is -0.282. The molecular weight excluding hydrogens is 342 g/mol. The summed E-state index contributed by atoms with van der Waals surface area (Å²) in [6.07, 6.45) is 3.05. The Balaban J connectivity index is 1.62. The average Bonchev–Trinajstić information content (AvgIpc) is 3.20. The summed E-state index contributed by atoms with van der Waals surface area (Å²) in [5.74, 6) is -0.540. The lowest BCUT2D eigenvalue weighted by Gasteiger charge is -2.19. The lowest BCUT2D eigenvalue weighted by atomic mass is 10.1. The molecule has 2 amide bonds. The molecule has 0 bridgehead atoms. The normalized spacial score (nSPS) is 11.6. The lowest BCUT2D eigenvalue weighted by Crippen LogP contribution is -2.40. The number of carbonyl (C=O) groups is 2. The van der Waals surface area contributed by atoms with Gasteiger partial charge in [0.1, 0.15) is 12.7 Å². The zero-order valence-corrected chi connectivity index (χ0v) is 15.0. The van der Waals surface area contributed by atoms with Crippen LogP contribution in [0, 0.1) is 6.92 Å². The second-order valence-electron chi connectivity index (χ2n) is 6.15. The molecule has 3 rings (SSSR count). The maximum atomic E-state index is 12.4. The van der Waals surface area contributed by atoms with Gasteiger partial charge in [-0.3, -0.25) is 14.3 Å². The fourth-order valence-corrected chi connectivity index (χ4v) is 2.76. The number of amides is 2. The maximum Gasteiger partial charge on any atom is 0.251 e. The van der Waals surface area contributed by atoms with Crippen molar-refractivity contribution in [1.29, 1.82) is 0 Å². The van der Waals surface area contributed by atoms with Crippen molar-refractivity contribution in [3.8, 4) is 0 Å². The Morgan fingerprint density at radius 2 is 1.81 bits per heavy atom. The summed E-state index contributed by atoms with van der Waals surface area (Å²) in [7, 11) is 0. The van der Waals surface area contributed by atoms with E-state index in [-0.39, 0.29) is 24.4 Å². The Kier molecular flexibility index (Phi) is 5.94. The predicted octanol–water partition coefficient (Wildman–Crippen LogP) is 1.87. The molecule has 1 aromatic heterocycles. The average molecular weight is 363 g/mol. The van der Waals surface area contributed by atoms with Crippen LogP contribution in [0.2, 0.25) is 0 Å². The number of aryl methyl sites for hydroxylation is 1. The summed E-state index contributed by atoms with van der Waals surface area (Å²) in [5, 5.41) is 9.72. The molecule has 27 heavy (non-hydrogen) atoms. The van der Waals surface area contributed by atoms with Crippen molar-refractivity contribution in [3.05, 3.63) is 83.9 Å². The largest absolute Gasteiger partial charge is 0.346 e. The van der Waals surface area contributed by atoms with Crippen LogP contribution in [0.5, 0.6) is 0 Å². The van der Waals surface area contributed by atoms with E-state index in [1.54, 1.807) is 23.1 Å². The summed E-state index contributed by atoms with van der Waals surface area (Å²) < 4.78 is 1.66. The van der Waals surface area contributed by atoms with Crippen LogP contribution in [0.3, 0.4) is 0 Å². The second kappa shape index (κ2) is 8.75. The first-order valence-electron chi connectivity index (χ1n) is 8.64. The lowest BCUT2D eigenvalue weighted by molar-refractivity contribution is -0.121. The standard InChI is InChI=1S/C20H21N5O2/c1-15-7-5-6-10-17(15)20(27)22-11-19(26)24-18(12-25-14-21-13-23-25)16-8-3-2-4-9-16/h2-10,13-14,18H,11-12H2,1H3,(H,22,27)(H,24,26). The molecule has 0 radical (unpaired) electrons. The first-order chi connectivity index (χ1) is 13.1. The van der Waals surface area contributed by atoms with Gasteiger partial charge in [0.05, 0.1) is 19.1 Å². The highest BCUT2D eigenvalue weighted by Crippen LogP contribution is 2.14. The van der Waals surface area contributed by atoms with E-state index < -0.39 is 0 Å². The molecule has 7 heteroatoms.